The zero-order valence-electron chi connectivity index (χ0n) is 13.5. The molecule has 0 aromatic carbocycles. The first-order valence-electron chi connectivity index (χ1n) is 8.59. The minimum Gasteiger partial charge on any atom is -0.356 e. The summed E-state index contributed by atoms with van der Waals surface area (Å²) in [5.41, 5.74) is 0.567. The number of rotatable bonds is 5. The van der Waals surface area contributed by atoms with Gasteiger partial charge >= 0.3 is 0 Å². The lowest BCUT2D eigenvalue weighted by Crippen LogP contribution is -2.45. The Kier molecular flexibility index (Phi) is 4.33. The number of nitrogens with one attached hydrogen (secondary N) is 2. The number of likely N-dealkylation sites (tertiary alicyclic amines) is 1. The molecule has 7 heteroatoms. The summed E-state index contributed by atoms with van der Waals surface area (Å²) in [5.74, 6) is 1.15. The maximum Gasteiger partial charge on any atom is 0.270 e. The third kappa shape index (κ3) is 3.35. The third-order valence-corrected chi connectivity index (χ3v) is 5.12. The predicted octanol–water partition coefficient (Wildman–Crippen LogP) is 2.59. The molecule has 1 saturated heterocycles. The number of halogens is 1. The lowest BCUT2D eigenvalue weighted by atomic mass is 10.0. The average Bonchev–Trinajstić information content (AvgIpc) is 3.18. The highest BCUT2D eigenvalue weighted by molar-refractivity contribution is 6.30. The average molecular weight is 348 g/mol. The van der Waals surface area contributed by atoms with Crippen molar-refractivity contribution in [3.05, 3.63) is 41.2 Å². The highest BCUT2D eigenvalue weighted by atomic mass is 35.5. The van der Waals surface area contributed by atoms with Crippen LogP contribution in [0.15, 0.2) is 24.7 Å². The summed E-state index contributed by atoms with van der Waals surface area (Å²) in [5, 5.41) is 4.17. The first-order valence-corrected chi connectivity index (χ1v) is 8.97. The summed E-state index contributed by atoms with van der Waals surface area (Å²) in [6, 6.07) is 2.79. The largest absolute Gasteiger partial charge is 0.356 e. The Labute approximate surface area is 146 Å². The Morgan fingerprint density at radius 3 is 2.79 bits per heavy atom. The van der Waals surface area contributed by atoms with Crippen LogP contribution < -0.4 is 5.32 Å². The molecule has 2 aliphatic rings. The van der Waals surface area contributed by atoms with Crippen molar-refractivity contribution in [3.63, 3.8) is 0 Å². The Hall–Kier alpha value is -1.79. The van der Waals surface area contributed by atoms with Gasteiger partial charge < -0.3 is 19.8 Å². The Bertz CT molecular complexity index is 712. The van der Waals surface area contributed by atoms with Crippen LogP contribution in [-0.4, -0.2) is 44.5 Å². The van der Waals surface area contributed by atoms with E-state index in [1.165, 1.54) is 12.8 Å². The smallest absolute Gasteiger partial charge is 0.270 e. The number of aromatic nitrogens is 3. The van der Waals surface area contributed by atoms with Crippen LogP contribution in [0, 0.1) is 0 Å². The van der Waals surface area contributed by atoms with Crippen molar-refractivity contribution in [2.45, 2.75) is 44.3 Å². The molecule has 6 nitrogen and oxygen atoms in total. The number of hydrogen-bond donors (Lipinski definition) is 2. The molecule has 1 amide bonds. The van der Waals surface area contributed by atoms with Crippen molar-refractivity contribution in [1.82, 2.24) is 24.8 Å². The van der Waals surface area contributed by atoms with E-state index in [-0.39, 0.29) is 5.91 Å². The van der Waals surface area contributed by atoms with Gasteiger partial charge in [0.05, 0.1) is 11.6 Å². The summed E-state index contributed by atoms with van der Waals surface area (Å²) < 4.78 is 2.29. The van der Waals surface area contributed by atoms with Gasteiger partial charge in [0.25, 0.3) is 5.91 Å². The number of nitrogens with zero attached hydrogens (tertiary/aromatic N) is 3. The number of amides is 1. The Morgan fingerprint density at radius 1 is 1.33 bits per heavy atom. The second kappa shape index (κ2) is 6.61. The predicted molar refractivity (Wildman–Crippen MR) is 92.1 cm³/mol. The lowest BCUT2D eigenvalue weighted by molar-refractivity contribution is 0.0699. The van der Waals surface area contributed by atoms with E-state index in [9.17, 15) is 4.79 Å². The van der Waals surface area contributed by atoms with E-state index < -0.39 is 0 Å². The lowest BCUT2D eigenvalue weighted by Gasteiger charge is -2.32. The molecule has 4 rings (SSSR count). The van der Waals surface area contributed by atoms with Gasteiger partial charge in [-0.25, -0.2) is 4.98 Å². The number of aromatic amines is 1. The van der Waals surface area contributed by atoms with E-state index in [4.69, 9.17) is 11.6 Å². The van der Waals surface area contributed by atoms with Crippen molar-refractivity contribution in [3.8, 4) is 0 Å². The molecular weight excluding hydrogens is 326 g/mol. The van der Waals surface area contributed by atoms with Gasteiger partial charge in [0, 0.05) is 43.8 Å². The molecule has 2 aromatic rings. The first-order chi connectivity index (χ1) is 11.7. The van der Waals surface area contributed by atoms with Crippen molar-refractivity contribution < 1.29 is 4.79 Å². The van der Waals surface area contributed by atoms with E-state index in [0.29, 0.717) is 22.8 Å². The third-order valence-electron chi connectivity index (χ3n) is 4.90. The van der Waals surface area contributed by atoms with E-state index in [2.05, 4.69) is 26.0 Å². The summed E-state index contributed by atoms with van der Waals surface area (Å²) in [6.45, 7) is 2.34. The molecule has 2 fully saturated rings. The molecule has 1 aliphatic heterocycles. The summed E-state index contributed by atoms with van der Waals surface area (Å²) in [6.07, 6.45) is 10.1. The molecule has 128 valence electrons. The van der Waals surface area contributed by atoms with Gasteiger partial charge in [0.2, 0.25) is 0 Å². The van der Waals surface area contributed by atoms with E-state index >= 15 is 0 Å². The van der Waals surface area contributed by atoms with Gasteiger partial charge in [-0.1, -0.05) is 11.6 Å². The molecule has 3 heterocycles. The Balaban J connectivity index is 1.27. The summed E-state index contributed by atoms with van der Waals surface area (Å²) in [7, 11) is 0. The topological polar surface area (TPSA) is 66.0 Å². The molecule has 2 N–H and O–H groups in total. The number of piperidine rings is 1. The van der Waals surface area contributed by atoms with Gasteiger partial charge in [0.15, 0.2) is 0 Å². The highest BCUT2D eigenvalue weighted by Gasteiger charge is 2.27. The molecule has 1 aliphatic carbocycles. The second-order valence-corrected chi connectivity index (χ2v) is 7.10. The van der Waals surface area contributed by atoms with Crippen LogP contribution in [0.4, 0.5) is 0 Å². The van der Waals surface area contributed by atoms with E-state index in [1.807, 2.05) is 11.1 Å². The van der Waals surface area contributed by atoms with Crippen LogP contribution in [0.25, 0.3) is 0 Å². The van der Waals surface area contributed by atoms with Crippen LogP contribution >= 0.6 is 11.6 Å². The van der Waals surface area contributed by atoms with Crippen LogP contribution in [0.5, 0.6) is 0 Å². The van der Waals surface area contributed by atoms with Gasteiger partial charge in [-0.05, 0) is 31.7 Å². The van der Waals surface area contributed by atoms with Crippen LogP contribution in [0.1, 0.15) is 48.0 Å². The second-order valence-electron chi connectivity index (χ2n) is 6.66. The number of imidazole rings is 1. The molecule has 0 radical (unpaired) electrons. The number of carbonyl (C=O) groups excluding carboxylic acids is 1. The van der Waals surface area contributed by atoms with Gasteiger partial charge in [-0.15, -0.1) is 0 Å². The van der Waals surface area contributed by atoms with Crippen molar-refractivity contribution in [1.29, 1.82) is 0 Å². The van der Waals surface area contributed by atoms with E-state index in [0.717, 1.165) is 38.3 Å². The van der Waals surface area contributed by atoms with E-state index in [1.54, 1.807) is 12.3 Å². The van der Waals surface area contributed by atoms with Gasteiger partial charge in [0.1, 0.15) is 11.5 Å². The fourth-order valence-electron chi connectivity index (χ4n) is 3.35. The van der Waals surface area contributed by atoms with Crippen molar-refractivity contribution in [2.75, 3.05) is 13.1 Å². The quantitative estimate of drug-likeness (QED) is 0.873. The molecule has 0 bridgehead atoms. The van der Waals surface area contributed by atoms with Crippen LogP contribution in [0.3, 0.4) is 0 Å². The SMILES string of the molecule is O=C(c1cc(Cl)c[nH]1)N1CCC(NCc2nccn2C2CC2)CC1. The normalized spacial score (nSPS) is 19.0. The minimum atomic E-state index is 0.0321. The summed E-state index contributed by atoms with van der Waals surface area (Å²) in [4.78, 5) is 21.7. The maximum absolute atomic E-state index is 12.4. The van der Waals surface area contributed by atoms with Crippen LogP contribution in [-0.2, 0) is 6.54 Å². The molecule has 0 spiro atoms. The first kappa shape index (κ1) is 15.7. The van der Waals surface area contributed by atoms with Crippen molar-refractivity contribution in [2.24, 2.45) is 0 Å². The number of hydrogen-bond acceptors (Lipinski definition) is 3. The van der Waals surface area contributed by atoms with Gasteiger partial charge in [-0.3, -0.25) is 4.79 Å². The molecule has 24 heavy (non-hydrogen) atoms. The zero-order valence-corrected chi connectivity index (χ0v) is 14.3. The van der Waals surface area contributed by atoms with Crippen molar-refractivity contribution >= 4 is 17.5 Å². The molecule has 0 atom stereocenters. The van der Waals surface area contributed by atoms with Gasteiger partial charge in [-0.2, -0.15) is 0 Å². The number of carbonyl (C=O) groups is 1. The minimum absolute atomic E-state index is 0.0321. The summed E-state index contributed by atoms with van der Waals surface area (Å²) >= 11 is 5.88. The standard InChI is InChI=1S/C17H22ClN5O/c18-12-9-15(21-10-12)17(24)22-6-3-13(4-7-22)20-11-16-19-5-8-23(16)14-1-2-14/h5,8-10,13-14,20-21H,1-4,6-7,11H2. The molecular formula is C17H22ClN5O. The maximum atomic E-state index is 12.4. The van der Waals surface area contributed by atoms with Crippen LogP contribution in [0.2, 0.25) is 5.02 Å². The molecule has 0 unspecified atom stereocenters. The zero-order chi connectivity index (χ0) is 16.5. The fraction of sp³-hybridized carbons (Fsp3) is 0.529. The fourth-order valence-corrected chi connectivity index (χ4v) is 3.51. The number of H-pyrrole nitrogens is 1. The molecule has 1 saturated carbocycles. The monoisotopic (exact) mass is 347 g/mol. The Morgan fingerprint density at radius 2 is 2.12 bits per heavy atom. The molecule has 2 aromatic heterocycles. The highest BCUT2D eigenvalue weighted by Crippen LogP contribution is 2.35.